The molecule has 10 nitrogen and oxygen atoms in total. The van der Waals surface area contributed by atoms with Crippen molar-refractivity contribution in [1.82, 2.24) is 31.9 Å². The molecule has 0 aliphatic carbocycles. The lowest BCUT2D eigenvalue weighted by molar-refractivity contribution is -0.122. The first-order chi connectivity index (χ1) is 35.0. The van der Waals surface area contributed by atoms with Gasteiger partial charge in [0.2, 0.25) is 17.7 Å². The van der Waals surface area contributed by atoms with Crippen molar-refractivity contribution >= 4 is 17.7 Å². The fourth-order valence-electron chi connectivity index (χ4n) is 9.04. The highest BCUT2D eigenvalue weighted by molar-refractivity contribution is 5.76. The summed E-state index contributed by atoms with van der Waals surface area (Å²) in [5, 5.41) is 19.7. The van der Waals surface area contributed by atoms with Crippen LogP contribution in [0.3, 0.4) is 0 Å². The van der Waals surface area contributed by atoms with Gasteiger partial charge in [0, 0.05) is 45.4 Å². The van der Waals surface area contributed by atoms with Crippen LogP contribution in [0.1, 0.15) is 310 Å². The molecule has 424 valence electrons. The van der Waals surface area contributed by atoms with Gasteiger partial charge in [0.25, 0.3) is 0 Å². The van der Waals surface area contributed by atoms with E-state index in [4.69, 9.17) is 5.73 Å². The van der Waals surface area contributed by atoms with Crippen LogP contribution in [0.25, 0.3) is 0 Å². The van der Waals surface area contributed by atoms with Crippen LogP contribution in [-0.4, -0.2) is 83.2 Å². The number of carbonyl (C=O) groups is 3. The second-order valence-corrected chi connectivity index (χ2v) is 21.1. The molecule has 10 heteroatoms. The van der Waals surface area contributed by atoms with Gasteiger partial charge in [-0.25, -0.2) is 0 Å². The highest BCUT2D eigenvalue weighted by atomic mass is 16.2. The topological polar surface area (TPSA) is 149 Å². The Labute approximate surface area is 443 Å². The maximum atomic E-state index is 12.0. The molecule has 0 bridgehead atoms. The average Bonchev–Trinajstić information content (AvgIpc) is 3.37. The number of amides is 3. The second kappa shape index (κ2) is 66.3. The van der Waals surface area contributed by atoms with Gasteiger partial charge in [-0.05, 0) is 110 Å². The van der Waals surface area contributed by atoms with E-state index in [9.17, 15) is 14.4 Å². The molecule has 71 heavy (non-hydrogen) atoms. The molecule has 0 aromatic rings. The third-order valence-corrected chi connectivity index (χ3v) is 13.9. The van der Waals surface area contributed by atoms with Crippen molar-refractivity contribution in [2.75, 3.05) is 65.4 Å². The molecule has 0 atom stereocenters. The van der Waals surface area contributed by atoms with Crippen LogP contribution in [0.15, 0.2) is 0 Å². The molecular formula is C61H127N7O3. The monoisotopic (exact) mass is 1010 g/mol. The molecule has 8 N–H and O–H groups in total. The Morgan fingerprint density at radius 1 is 0.239 bits per heavy atom. The molecule has 0 rings (SSSR count). The summed E-state index contributed by atoms with van der Waals surface area (Å²) in [6.07, 6.45) is 55.7. The van der Waals surface area contributed by atoms with Crippen molar-refractivity contribution < 1.29 is 14.4 Å². The molecule has 0 aromatic carbocycles. The summed E-state index contributed by atoms with van der Waals surface area (Å²) < 4.78 is 0. The van der Waals surface area contributed by atoms with E-state index < -0.39 is 0 Å². The molecule has 0 radical (unpaired) electrons. The van der Waals surface area contributed by atoms with Gasteiger partial charge in [-0.1, -0.05) is 220 Å². The predicted molar refractivity (Wildman–Crippen MR) is 311 cm³/mol. The van der Waals surface area contributed by atoms with Gasteiger partial charge < -0.3 is 37.6 Å². The molecule has 0 heterocycles. The standard InChI is InChI=1S/C38H78N4O2.C23H49N3O/c1-3-5-7-9-11-13-15-17-19-27-34-41-37(43)29-23-21-24-31-39-32-25-22-26-33-40-36-30-38(44)42-35-28-20-18-16-14-12-10-8-6-4-2;1-2-3-4-5-6-7-8-9-10-17-22-26-23(27)18-13-11-15-20-25-21-16-12-14-19-24/h39-40H,3-36H2,1-2H3,(H,41,43)(H,42,44);25H,2-22,24H2,1H3,(H,26,27). The molecular weight excluding hydrogens is 879 g/mol. The fraction of sp³-hybridized carbons (Fsp3) is 0.951. The zero-order valence-electron chi connectivity index (χ0n) is 48.2. The third kappa shape index (κ3) is 68.2. The van der Waals surface area contributed by atoms with Crippen LogP contribution < -0.4 is 37.6 Å². The van der Waals surface area contributed by atoms with Gasteiger partial charge in [-0.2, -0.15) is 0 Å². The Morgan fingerprint density at radius 2 is 0.451 bits per heavy atom. The summed E-state index contributed by atoms with van der Waals surface area (Å²) >= 11 is 0. The minimum atomic E-state index is 0.183. The van der Waals surface area contributed by atoms with Crippen molar-refractivity contribution in [1.29, 1.82) is 0 Å². The highest BCUT2D eigenvalue weighted by Crippen LogP contribution is 2.13. The minimum absolute atomic E-state index is 0.183. The molecule has 0 aliphatic rings. The average molecular weight is 1010 g/mol. The van der Waals surface area contributed by atoms with Crippen molar-refractivity contribution in [3.63, 3.8) is 0 Å². The largest absolute Gasteiger partial charge is 0.356 e. The van der Waals surface area contributed by atoms with E-state index in [1.54, 1.807) is 0 Å². The van der Waals surface area contributed by atoms with Gasteiger partial charge >= 0.3 is 0 Å². The molecule has 0 saturated heterocycles. The summed E-state index contributed by atoms with van der Waals surface area (Å²) in [6.45, 7) is 16.2. The van der Waals surface area contributed by atoms with E-state index in [0.717, 1.165) is 130 Å². The first-order valence-electron chi connectivity index (χ1n) is 31.6. The number of rotatable bonds is 59. The summed E-state index contributed by atoms with van der Waals surface area (Å²) in [5.74, 6) is 0.649. The van der Waals surface area contributed by atoms with E-state index >= 15 is 0 Å². The Hall–Kier alpha value is -1.75. The van der Waals surface area contributed by atoms with Crippen molar-refractivity contribution in [3.8, 4) is 0 Å². The normalized spacial score (nSPS) is 11.2. The number of carbonyl (C=O) groups excluding carboxylic acids is 3. The van der Waals surface area contributed by atoms with Crippen LogP contribution in [0, 0.1) is 0 Å². The number of hydrogen-bond acceptors (Lipinski definition) is 7. The quantitative estimate of drug-likeness (QED) is 0.0300. The Morgan fingerprint density at radius 3 is 0.746 bits per heavy atom. The maximum Gasteiger partial charge on any atom is 0.221 e. The molecule has 3 amide bonds. The van der Waals surface area contributed by atoms with Gasteiger partial charge in [0.05, 0.1) is 0 Å². The zero-order valence-corrected chi connectivity index (χ0v) is 48.2. The Kier molecular flexibility index (Phi) is 66.6. The molecule has 0 aliphatic heterocycles. The van der Waals surface area contributed by atoms with Crippen molar-refractivity contribution in [2.24, 2.45) is 5.73 Å². The smallest absolute Gasteiger partial charge is 0.221 e. The number of nitrogens with two attached hydrogens (primary N) is 1. The summed E-state index contributed by atoms with van der Waals surface area (Å²) in [4.78, 5) is 35.8. The molecule has 0 aromatic heterocycles. The number of hydrogen-bond donors (Lipinski definition) is 7. The lowest BCUT2D eigenvalue weighted by Crippen LogP contribution is -2.28. The van der Waals surface area contributed by atoms with E-state index in [2.05, 4.69) is 52.7 Å². The first kappa shape index (κ1) is 71.3. The maximum absolute atomic E-state index is 12.0. The van der Waals surface area contributed by atoms with Gasteiger partial charge in [0.15, 0.2) is 0 Å². The lowest BCUT2D eigenvalue weighted by atomic mass is 10.1. The lowest BCUT2D eigenvalue weighted by Gasteiger charge is -2.08. The molecule has 0 fully saturated rings. The summed E-state index contributed by atoms with van der Waals surface area (Å²) in [5.41, 5.74) is 5.48. The van der Waals surface area contributed by atoms with Gasteiger partial charge in [0.1, 0.15) is 0 Å². The minimum Gasteiger partial charge on any atom is -0.356 e. The van der Waals surface area contributed by atoms with E-state index in [0.29, 0.717) is 19.3 Å². The van der Waals surface area contributed by atoms with Gasteiger partial charge in [-0.15, -0.1) is 0 Å². The SMILES string of the molecule is CCCCCCCCCCCCNC(=O)CCCCCNCCCCCN.CCCCCCCCCCCCNC(=O)CCCCCNCCCCCNCCC(=O)NCCCCCCCCCCCC. The number of unbranched alkanes of at least 4 members (excludes halogenated alkanes) is 35. The van der Waals surface area contributed by atoms with E-state index in [1.807, 2.05) is 0 Å². The molecule has 0 saturated carbocycles. The Bertz CT molecular complexity index is 984. The third-order valence-electron chi connectivity index (χ3n) is 13.9. The number of nitrogens with one attached hydrogen (secondary N) is 6. The first-order valence-corrected chi connectivity index (χ1v) is 31.6. The second-order valence-electron chi connectivity index (χ2n) is 21.1. The van der Waals surface area contributed by atoms with Crippen LogP contribution in [0.2, 0.25) is 0 Å². The van der Waals surface area contributed by atoms with E-state index in [-0.39, 0.29) is 17.7 Å². The van der Waals surface area contributed by atoms with Crippen LogP contribution in [0.5, 0.6) is 0 Å². The van der Waals surface area contributed by atoms with Crippen LogP contribution in [0.4, 0.5) is 0 Å². The van der Waals surface area contributed by atoms with Crippen molar-refractivity contribution in [2.45, 2.75) is 310 Å². The molecule has 0 unspecified atom stereocenters. The van der Waals surface area contributed by atoms with E-state index in [1.165, 1.54) is 205 Å². The zero-order chi connectivity index (χ0) is 51.9. The predicted octanol–water partition coefficient (Wildman–Crippen LogP) is 14.7. The molecule has 0 spiro atoms. The van der Waals surface area contributed by atoms with Crippen LogP contribution in [-0.2, 0) is 14.4 Å². The fourth-order valence-corrected chi connectivity index (χ4v) is 9.04. The van der Waals surface area contributed by atoms with Crippen molar-refractivity contribution in [3.05, 3.63) is 0 Å². The summed E-state index contributed by atoms with van der Waals surface area (Å²) in [6, 6.07) is 0. The Balaban J connectivity index is 0. The van der Waals surface area contributed by atoms with Crippen LogP contribution >= 0.6 is 0 Å². The summed E-state index contributed by atoms with van der Waals surface area (Å²) in [7, 11) is 0. The highest BCUT2D eigenvalue weighted by Gasteiger charge is 2.04. The van der Waals surface area contributed by atoms with Gasteiger partial charge in [-0.3, -0.25) is 14.4 Å².